The Balaban J connectivity index is 2.12. The molecule has 0 saturated heterocycles. The second-order valence-electron chi connectivity index (χ2n) is 4.57. The highest BCUT2D eigenvalue weighted by molar-refractivity contribution is 7.99. The van der Waals surface area contributed by atoms with Crippen molar-refractivity contribution in [2.45, 2.75) is 10.1 Å². The molecule has 0 unspecified atom stereocenters. The van der Waals surface area contributed by atoms with Crippen molar-refractivity contribution in [2.24, 2.45) is 10.8 Å². The molecule has 0 radical (unpaired) electrons. The lowest BCUT2D eigenvalue weighted by Gasteiger charge is -2.07. The van der Waals surface area contributed by atoms with Crippen LogP contribution in [-0.4, -0.2) is 26.6 Å². The summed E-state index contributed by atoms with van der Waals surface area (Å²) in [5, 5.41) is 4.79. The lowest BCUT2D eigenvalue weighted by Crippen LogP contribution is -2.26. The Hall–Kier alpha value is -3.20. The fourth-order valence-corrected chi connectivity index (χ4v) is 2.79. The topological polar surface area (TPSA) is 115 Å². The molecule has 3 heterocycles. The van der Waals surface area contributed by atoms with Gasteiger partial charge in [-0.3, -0.25) is 9.20 Å². The number of nitrogens with one attached hydrogen (secondary N) is 1. The van der Waals surface area contributed by atoms with Crippen LogP contribution in [0.1, 0.15) is 5.56 Å². The van der Waals surface area contributed by atoms with E-state index in [-0.39, 0.29) is 11.1 Å². The van der Waals surface area contributed by atoms with Crippen molar-refractivity contribution in [3.63, 3.8) is 0 Å². The molecule has 2 amide bonds. The SMILES string of the molecule is NC(=O)NN=Cc1c(Sc2ccccn2)nc2ccccn2c1=O. The van der Waals surface area contributed by atoms with Crippen LogP contribution in [0.2, 0.25) is 0 Å². The van der Waals surface area contributed by atoms with E-state index >= 15 is 0 Å². The first kappa shape index (κ1) is 15.7. The van der Waals surface area contributed by atoms with Gasteiger partial charge in [-0.1, -0.05) is 12.1 Å². The van der Waals surface area contributed by atoms with Gasteiger partial charge in [-0.05, 0) is 36.0 Å². The number of amides is 2. The minimum Gasteiger partial charge on any atom is -0.350 e. The monoisotopic (exact) mass is 340 g/mol. The van der Waals surface area contributed by atoms with Crippen LogP contribution in [0, 0.1) is 0 Å². The van der Waals surface area contributed by atoms with Crippen molar-refractivity contribution < 1.29 is 4.79 Å². The third-order valence-corrected chi connectivity index (χ3v) is 3.90. The van der Waals surface area contributed by atoms with Crippen LogP contribution < -0.4 is 16.7 Å². The van der Waals surface area contributed by atoms with E-state index in [1.165, 1.54) is 22.4 Å². The molecule has 0 spiro atoms. The van der Waals surface area contributed by atoms with Crippen molar-refractivity contribution in [1.29, 1.82) is 0 Å². The van der Waals surface area contributed by atoms with E-state index < -0.39 is 6.03 Å². The summed E-state index contributed by atoms with van der Waals surface area (Å²) in [4.78, 5) is 32.1. The Labute approximate surface area is 140 Å². The molecule has 3 rings (SSSR count). The molecule has 0 saturated carbocycles. The summed E-state index contributed by atoms with van der Waals surface area (Å²) in [7, 11) is 0. The highest BCUT2D eigenvalue weighted by Crippen LogP contribution is 2.25. The fourth-order valence-electron chi connectivity index (χ4n) is 1.94. The molecule has 3 aromatic rings. The maximum absolute atomic E-state index is 12.7. The summed E-state index contributed by atoms with van der Waals surface area (Å²) in [6, 6.07) is 9.87. The van der Waals surface area contributed by atoms with Crippen LogP contribution >= 0.6 is 11.8 Å². The second-order valence-corrected chi connectivity index (χ2v) is 5.58. The van der Waals surface area contributed by atoms with Crippen molar-refractivity contribution in [3.05, 3.63) is 64.7 Å². The normalized spacial score (nSPS) is 11.0. The Morgan fingerprint density at radius 3 is 2.88 bits per heavy atom. The first-order chi connectivity index (χ1) is 11.6. The van der Waals surface area contributed by atoms with E-state index in [4.69, 9.17) is 5.73 Å². The number of aromatic nitrogens is 3. The van der Waals surface area contributed by atoms with E-state index in [0.29, 0.717) is 15.7 Å². The molecule has 0 aromatic carbocycles. The van der Waals surface area contributed by atoms with Crippen LogP contribution in [0.3, 0.4) is 0 Å². The van der Waals surface area contributed by atoms with Gasteiger partial charge in [-0.25, -0.2) is 20.2 Å². The lowest BCUT2D eigenvalue weighted by atomic mass is 10.3. The van der Waals surface area contributed by atoms with Crippen LogP contribution in [0.5, 0.6) is 0 Å². The molecule has 0 fully saturated rings. The molecule has 0 aliphatic rings. The number of carbonyl (C=O) groups is 1. The van der Waals surface area contributed by atoms with E-state index in [1.54, 1.807) is 36.7 Å². The van der Waals surface area contributed by atoms with E-state index in [2.05, 4.69) is 20.5 Å². The van der Waals surface area contributed by atoms with Gasteiger partial charge in [0, 0.05) is 12.4 Å². The van der Waals surface area contributed by atoms with Gasteiger partial charge in [0.1, 0.15) is 15.7 Å². The molecule has 8 nitrogen and oxygen atoms in total. The standard InChI is InChI=1S/C15H12N6O2S/c16-15(23)20-18-9-10-13(24-12-6-1-3-7-17-12)19-11-5-2-4-8-21(11)14(10)22/h1-9H,(H3,16,20,23). The molecule has 3 aromatic heterocycles. The van der Waals surface area contributed by atoms with Crippen LogP contribution in [0.15, 0.2) is 68.7 Å². The molecule has 0 atom stereocenters. The third kappa shape index (κ3) is 3.41. The summed E-state index contributed by atoms with van der Waals surface area (Å²) in [6.45, 7) is 0. The third-order valence-electron chi connectivity index (χ3n) is 2.94. The van der Waals surface area contributed by atoms with Crippen LogP contribution in [0.4, 0.5) is 4.79 Å². The van der Waals surface area contributed by atoms with Gasteiger partial charge in [0.15, 0.2) is 0 Å². The number of fused-ring (bicyclic) bond motifs is 1. The molecule has 24 heavy (non-hydrogen) atoms. The van der Waals surface area contributed by atoms with Gasteiger partial charge in [-0.15, -0.1) is 0 Å². The number of hydrazone groups is 1. The summed E-state index contributed by atoms with van der Waals surface area (Å²) in [5.74, 6) is 0. The van der Waals surface area contributed by atoms with Gasteiger partial charge in [0.05, 0.1) is 11.8 Å². The van der Waals surface area contributed by atoms with E-state index in [9.17, 15) is 9.59 Å². The number of urea groups is 1. The maximum Gasteiger partial charge on any atom is 0.332 e. The number of pyridine rings is 2. The van der Waals surface area contributed by atoms with Gasteiger partial charge in [0.25, 0.3) is 5.56 Å². The number of nitrogens with two attached hydrogens (primary N) is 1. The molecular formula is C15H12N6O2S. The number of nitrogens with zero attached hydrogens (tertiary/aromatic N) is 4. The first-order valence-electron chi connectivity index (χ1n) is 6.84. The fraction of sp³-hybridized carbons (Fsp3) is 0. The number of primary amides is 1. The summed E-state index contributed by atoms with van der Waals surface area (Å²) in [6.07, 6.45) is 4.49. The zero-order chi connectivity index (χ0) is 16.9. The van der Waals surface area contributed by atoms with Crippen molar-refractivity contribution in [2.75, 3.05) is 0 Å². The van der Waals surface area contributed by atoms with Gasteiger partial charge in [0.2, 0.25) is 0 Å². The van der Waals surface area contributed by atoms with E-state index in [1.807, 2.05) is 12.1 Å². The highest BCUT2D eigenvalue weighted by Gasteiger charge is 2.13. The lowest BCUT2D eigenvalue weighted by molar-refractivity contribution is 0.249. The molecule has 3 N–H and O–H groups in total. The second kappa shape index (κ2) is 6.92. The molecule has 120 valence electrons. The Bertz CT molecular complexity index is 971. The zero-order valence-electron chi connectivity index (χ0n) is 12.3. The Morgan fingerprint density at radius 2 is 2.12 bits per heavy atom. The van der Waals surface area contributed by atoms with Crippen molar-refractivity contribution in [1.82, 2.24) is 19.8 Å². The number of hydrogen-bond acceptors (Lipinski definition) is 6. The summed E-state index contributed by atoms with van der Waals surface area (Å²) < 4.78 is 1.40. The molecule has 0 aliphatic heterocycles. The van der Waals surface area contributed by atoms with Crippen molar-refractivity contribution in [3.8, 4) is 0 Å². The molecular weight excluding hydrogens is 328 g/mol. The van der Waals surface area contributed by atoms with Crippen molar-refractivity contribution >= 4 is 29.7 Å². The largest absolute Gasteiger partial charge is 0.350 e. The minimum absolute atomic E-state index is 0.225. The van der Waals surface area contributed by atoms with Gasteiger partial charge >= 0.3 is 6.03 Å². The van der Waals surface area contributed by atoms with E-state index in [0.717, 1.165) is 0 Å². The van der Waals surface area contributed by atoms with Gasteiger partial charge < -0.3 is 5.73 Å². The summed E-state index contributed by atoms with van der Waals surface area (Å²) >= 11 is 1.23. The molecule has 0 aliphatic carbocycles. The summed E-state index contributed by atoms with van der Waals surface area (Å²) in [5.41, 5.74) is 7.45. The van der Waals surface area contributed by atoms with Crippen LogP contribution in [0.25, 0.3) is 5.65 Å². The molecule has 0 bridgehead atoms. The smallest absolute Gasteiger partial charge is 0.332 e. The maximum atomic E-state index is 12.7. The Morgan fingerprint density at radius 1 is 1.29 bits per heavy atom. The highest BCUT2D eigenvalue weighted by atomic mass is 32.2. The quantitative estimate of drug-likeness (QED) is 0.421. The zero-order valence-corrected chi connectivity index (χ0v) is 13.1. The molecule has 9 heteroatoms. The van der Waals surface area contributed by atoms with Crippen LogP contribution in [-0.2, 0) is 0 Å². The Kier molecular flexibility index (Phi) is 4.52. The predicted octanol–water partition coefficient (Wildman–Crippen LogP) is 1.24. The minimum atomic E-state index is -0.820. The average Bonchev–Trinajstić information content (AvgIpc) is 2.58. The predicted molar refractivity (Wildman–Crippen MR) is 90.1 cm³/mol. The number of rotatable bonds is 4. The number of hydrogen-bond donors (Lipinski definition) is 2. The first-order valence-corrected chi connectivity index (χ1v) is 7.65. The average molecular weight is 340 g/mol. The van der Waals surface area contributed by atoms with Gasteiger partial charge in [-0.2, -0.15) is 5.10 Å². The number of carbonyl (C=O) groups excluding carboxylic acids is 1.